The van der Waals surface area contributed by atoms with Gasteiger partial charge in [-0.05, 0) is 44.0 Å². The number of aromatic amines is 1. The molecule has 0 aliphatic carbocycles. The largest absolute Gasteiger partial charge is 0.458 e. The van der Waals surface area contributed by atoms with Crippen LogP contribution >= 0.6 is 0 Å². The minimum atomic E-state index is 0.603. The average molecular weight is 339 g/mol. The molecule has 25 heavy (non-hydrogen) atoms. The number of H-pyrrole nitrogens is 1. The minimum Gasteiger partial charge on any atom is -0.458 e. The van der Waals surface area contributed by atoms with Crippen molar-refractivity contribution in [2.75, 3.05) is 6.54 Å². The van der Waals surface area contributed by atoms with E-state index in [0.29, 0.717) is 6.04 Å². The third kappa shape index (κ3) is 3.69. The molecular formula is C19H25N5O. The zero-order valence-electron chi connectivity index (χ0n) is 14.7. The third-order valence-electron chi connectivity index (χ3n) is 5.16. The van der Waals surface area contributed by atoms with Crippen LogP contribution in [0.1, 0.15) is 37.3 Å². The Labute approximate surface area is 147 Å². The molecule has 1 atom stereocenters. The molecule has 0 aromatic carbocycles. The number of hydrogen-bond acceptors (Lipinski definition) is 4. The molecule has 0 bridgehead atoms. The SMILES string of the molecule is Cn1ccnc1CC[C@@H]1CCCCN1Cc1ccc(-c2ccn[nH]2)o1. The van der Waals surface area contributed by atoms with E-state index in [0.717, 1.165) is 43.1 Å². The van der Waals surface area contributed by atoms with Crippen LogP contribution in [0.25, 0.3) is 11.5 Å². The van der Waals surface area contributed by atoms with Crippen LogP contribution in [-0.4, -0.2) is 37.2 Å². The second-order valence-electron chi connectivity index (χ2n) is 6.85. The quantitative estimate of drug-likeness (QED) is 0.748. The van der Waals surface area contributed by atoms with Gasteiger partial charge in [0.25, 0.3) is 0 Å². The van der Waals surface area contributed by atoms with Gasteiger partial charge in [0, 0.05) is 38.1 Å². The first-order chi connectivity index (χ1) is 12.3. The van der Waals surface area contributed by atoms with Crippen molar-refractivity contribution in [3.8, 4) is 11.5 Å². The van der Waals surface area contributed by atoms with Crippen LogP contribution in [0.3, 0.4) is 0 Å². The Kier molecular flexibility index (Phi) is 4.70. The third-order valence-corrected chi connectivity index (χ3v) is 5.16. The minimum absolute atomic E-state index is 0.603. The maximum Gasteiger partial charge on any atom is 0.152 e. The molecule has 1 saturated heterocycles. The van der Waals surface area contributed by atoms with Crippen LogP contribution in [0.15, 0.2) is 41.2 Å². The molecule has 0 saturated carbocycles. The monoisotopic (exact) mass is 339 g/mol. The topological polar surface area (TPSA) is 62.9 Å². The molecular weight excluding hydrogens is 314 g/mol. The summed E-state index contributed by atoms with van der Waals surface area (Å²) in [4.78, 5) is 7.03. The van der Waals surface area contributed by atoms with E-state index in [1.165, 1.54) is 25.1 Å². The number of rotatable bonds is 6. The Morgan fingerprint density at radius 2 is 2.20 bits per heavy atom. The summed E-state index contributed by atoms with van der Waals surface area (Å²) in [5.74, 6) is 3.05. The number of piperidine rings is 1. The Morgan fingerprint density at radius 3 is 3.00 bits per heavy atom. The Balaban J connectivity index is 1.40. The van der Waals surface area contributed by atoms with E-state index in [4.69, 9.17) is 4.42 Å². The zero-order chi connectivity index (χ0) is 17.1. The average Bonchev–Trinajstić information content (AvgIpc) is 3.36. The summed E-state index contributed by atoms with van der Waals surface area (Å²) >= 11 is 0. The second kappa shape index (κ2) is 7.27. The number of imidazole rings is 1. The number of aromatic nitrogens is 4. The van der Waals surface area contributed by atoms with E-state index in [1.54, 1.807) is 6.20 Å². The molecule has 3 aromatic heterocycles. The maximum atomic E-state index is 6.02. The first-order valence-electron chi connectivity index (χ1n) is 9.08. The lowest BCUT2D eigenvalue weighted by Crippen LogP contribution is -2.39. The van der Waals surface area contributed by atoms with Crippen LogP contribution in [0.4, 0.5) is 0 Å². The van der Waals surface area contributed by atoms with Gasteiger partial charge in [0.1, 0.15) is 17.3 Å². The van der Waals surface area contributed by atoms with Gasteiger partial charge in [-0.15, -0.1) is 0 Å². The van der Waals surface area contributed by atoms with Crippen molar-refractivity contribution in [2.24, 2.45) is 7.05 Å². The molecule has 1 N–H and O–H groups in total. The molecule has 1 aliphatic heterocycles. The van der Waals surface area contributed by atoms with Gasteiger partial charge in [-0.2, -0.15) is 5.10 Å². The summed E-state index contributed by atoms with van der Waals surface area (Å²) in [6, 6.07) is 6.64. The fourth-order valence-corrected chi connectivity index (χ4v) is 3.73. The van der Waals surface area contributed by atoms with Gasteiger partial charge in [-0.25, -0.2) is 4.98 Å². The van der Waals surface area contributed by atoms with Crippen LogP contribution in [0.2, 0.25) is 0 Å². The Hall–Kier alpha value is -2.34. The van der Waals surface area contributed by atoms with E-state index >= 15 is 0 Å². The van der Waals surface area contributed by atoms with Crippen molar-refractivity contribution in [2.45, 2.75) is 44.7 Å². The van der Waals surface area contributed by atoms with Crippen molar-refractivity contribution in [1.29, 1.82) is 0 Å². The number of furan rings is 1. The van der Waals surface area contributed by atoms with Gasteiger partial charge in [0.2, 0.25) is 0 Å². The van der Waals surface area contributed by atoms with Gasteiger partial charge >= 0.3 is 0 Å². The Bertz CT molecular complexity index is 788. The van der Waals surface area contributed by atoms with E-state index in [9.17, 15) is 0 Å². The predicted octanol–water partition coefficient (Wildman–Crippen LogP) is 3.39. The molecule has 6 nitrogen and oxygen atoms in total. The summed E-state index contributed by atoms with van der Waals surface area (Å²) < 4.78 is 8.14. The lowest BCUT2D eigenvalue weighted by molar-refractivity contribution is 0.123. The number of nitrogens with one attached hydrogen (secondary N) is 1. The highest BCUT2D eigenvalue weighted by atomic mass is 16.3. The first kappa shape index (κ1) is 16.1. The smallest absolute Gasteiger partial charge is 0.152 e. The fourth-order valence-electron chi connectivity index (χ4n) is 3.73. The highest BCUT2D eigenvalue weighted by Gasteiger charge is 2.23. The van der Waals surface area contributed by atoms with Crippen molar-refractivity contribution in [3.05, 3.63) is 48.4 Å². The van der Waals surface area contributed by atoms with Crippen molar-refractivity contribution in [3.63, 3.8) is 0 Å². The predicted molar refractivity (Wildman–Crippen MR) is 95.9 cm³/mol. The first-order valence-corrected chi connectivity index (χ1v) is 9.08. The molecule has 132 valence electrons. The van der Waals surface area contributed by atoms with Crippen LogP contribution in [0, 0.1) is 0 Å². The highest BCUT2D eigenvalue weighted by molar-refractivity contribution is 5.51. The molecule has 0 amide bonds. The van der Waals surface area contributed by atoms with Gasteiger partial charge in [-0.1, -0.05) is 6.42 Å². The van der Waals surface area contributed by atoms with E-state index in [-0.39, 0.29) is 0 Å². The molecule has 0 spiro atoms. The van der Waals surface area contributed by atoms with Gasteiger partial charge in [0.15, 0.2) is 5.76 Å². The number of nitrogens with zero attached hydrogens (tertiary/aromatic N) is 4. The number of likely N-dealkylation sites (tertiary alicyclic amines) is 1. The Morgan fingerprint density at radius 1 is 1.24 bits per heavy atom. The molecule has 0 radical (unpaired) electrons. The standard InChI is InChI=1S/C19H25N5O/c1-23-13-11-20-19(23)8-5-15-4-2-3-12-24(15)14-16-6-7-18(25-16)17-9-10-21-22-17/h6-7,9-11,13,15H,2-5,8,12,14H2,1H3,(H,21,22)/t15-/m0/s1. The summed E-state index contributed by atoms with van der Waals surface area (Å²) in [6.07, 6.45) is 11.7. The number of aryl methyl sites for hydroxylation is 2. The van der Waals surface area contributed by atoms with Gasteiger partial charge in [0.05, 0.1) is 6.54 Å². The second-order valence-corrected chi connectivity index (χ2v) is 6.85. The van der Waals surface area contributed by atoms with Gasteiger partial charge < -0.3 is 8.98 Å². The normalized spacial score (nSPS) is 18.7. The van der Waals surface area contributed by atoms with E-state index in [2.05, 4.69) is 37.8 Å². The fraction of sp³-hybridized carbons (Fsp3) is 0.474. The van der Waals surface area contributed by atoms with Crippen molar-refractivity contribution in [1.82, 2.24) is 24.6 Å². The van der Waals surface area contributed by atoms with E-state index < -0.39 is 0 Å². The van der Waals surface area contributed by atoms with Crippen LogP contribution in [-0.2, 0) is 20.0 Å². The molecule has 0 unspecified atom stereocenters. The summed E-state index contributed by atoms with van der Waals surface area (Å²) in [6.45, 7) is 2.02. The molecule has 4 heterocycles. The molecule has 1 fully saturated rings. The lowest BCUT2D eigenvalue weighted by Gasteiger charge is -2.35. The zero-order valence-corrected chi connectivity index (χ0v) is 14.7. The summed E-state index contributed by atoms with van der Waals surface area (Å²) in [5.41, 5.74) is 0.927. The van der Waals surface area contributed by atoms with Crippen LogP contribution in [0.5, 0.6) is 0 Å². The summed E-state index contributed by atoms with van der Waals surface area (Å²) in [7, 11) is 2.07. The molecule has 4 rings (SSSR count). The van der Waals surface area contributed by atoms with E-state index in [1.807, 2.05) is 24.5 Å². The molecule has 1 aliphatic rings. The highest BCUT2D eigenvalue weighted by Crippen LogP contribution is 2.25. The lowest BCUT2D eigenvalue weighted by atomic mass is 9.97. The maximum absolute atomic E-state index is 6.02. The molecule has 3 aromatic rings. The van der Waals surface area contributed by atoms with Crippen molar-refractivity contribution < 1.29 is 4.42 Å². The number of hydrogen-bond donors (Lipinski definition) is 1. The van der Waals surface area contributed by atoms with Gasteiger partial charge in [-0.3, -0.25) is 10.00 Å². The van der Waals surface area contributed by atoms with Crippen molar-refractivity contribution >= 4 is 0 Å². The summed E-state index contributed by atoms with van der Waals surface area (Å²) in [5, 5.41) is 6.94. The van der Waals surface area contributed by atoms with Crippen LogP contribution < -0.4 is 0 Å². The molecule has 6 heteroatoms.